The van der Waals surface area contributed by atoms with E-state index in [-0.39, 0.29) is 0 Å². The number of aromatic nitrogens is 1. The highest BCUT2D eigenvalue weighted by molar-refractivity contribution is 7.07. The monoisotopic (exact) mass is 304 g/mol. The van der Waals surface area contributed by atoms with Crippen molar-refractivity contribution in [2.24, 2.45) is 5.92 Å². The third-order valence-electron chi connectivity index (χ3n) is 3.95. The number of hydrogen-bond acceptors (Lipinski definition) is 3. The van der Waals surface area contributed by atoms with Crippen molar-refractivity contribution in [3.8, 4) is 0 Å². The van der Waals surface area contributed by atoms with Crippen LogP contribution < -0.4 is 0 Å². The lowest BCUT2D eigenvalue weighted by molar-refractivity contribution is 0.430. The first-order valence-electron chi connectivity index (χ1n) is 7.93. The predicted molar refractivity (Wildman–Crippen MR) is 94.3 cm³/mol. The van der Waals surface area contributed by atoms with Gasteiger partial charge in [-0.1, -0.05) is 33.3 Å². The second kappa shape index (κ2) is 5.96. The molecular weight excluding hydrogens is 276 g/mol. The highest BCUT2D eigenvalue weighted by Crippen LogP contribution is 2.45. The minimum atomic E-state index is 0.455. The topological polar surface area (TPSA) is 16.1 Å². The van der Waals surface area contributed by atoms with E-state index in [1.54, 1.807) is 11.5 Å². The third kappa shape index (κ3) is 2.80. The van der Waals surface area contributed by atoms with E-state index >= 15 is 0 Å². The molecule has 1 aromatic rings. The van der Waals surface area contributed by atoms with Gasteiger partial charge in [0.05, 0.1) is 16.3 Å². The molecule has 116 valence electrons. The van der Waals surface area contributed by atoms with Gasteiger partial charge in [-0.15, -0.1) is 0 Å². The van der Waals surface area contributed by atoms with Gasteiger partial charge in [-0.25, -0.2) is 0 Å². The van der Waals surface area contributed by atoms with E-state index in [4.69, 9.17) is 4.37 Å². The van der Waals surface area contributed by atoms with Crippen LogP contribution in [0.4, 0.5) is 0 Å². The van der Waals surface area contributed by atoms with Crippen molar-refractivity contribution in [1.82, 2.24) is 9.27 Å². The number of allylic oxidation sites excluding steroid dienone is 2. The van der Waals surface area contributed by atoms with E-state index in [0.717, 1.165) is 0 Å². The molecule has 0 saturated carbocycles. The van der Waals surface area contributed by atoms with E-state index in [9.17, 15) is 0 Å². The molecule has 0 aromatic carbocycles. The summed E-state index contributed by atoms with van der Waals surface area (Å²) >= 11 is 1.67. The van der Waals surface area contributed by atoms with Crippen molar-refractivity contribution in [3.63, 3.8) is 0 Å². The van der Waals surface area contributed by atoms with E-state index in [1.807, 2.05) is 0 Å². The Kier molecular flexibility index (Phi) is 4.62. The lowest BCUT2D eigenvalue weighted by Gasteiger charge is -2.35. The summed E-state index contributed by atoms with van der Waals surface area (Å²) in [5.74, 6) is 0.976. The molecule has 0 bridgehead atoms. The molecule has 0 saturated heterocycles. The first-order valence-corrected chi connectivity index (χ1v) is 8.70. The third-order valence-corrected chi connectivity index (χ3v) is 4.86. The Morgan fingerprint density at radius 3 is 2.10 bits per heavy atom. The average molecular weight is 305 g/mol. The molecule has 1 aliphatic heterocycles. The average Bonchev–Trinajstić information content (AvgIpc) is 2.80. The summed E-state index contributed by atoms with van der Waals surface area (Å²) in [7, 11) is 0. The van der Waals surface area contributed by atoms with Gasteiger partial charge >= 0.3 is 0 Å². The summed E-state index contributed by atoms with van der Waals surface area (Å²) in [4.78, 5) is 3.81. The van der Waals surface area contributed by atoms with Crippen LogP contribution in [0.15, 0.2) is 11.8 Å². The first-order chi connectivity index (χ1) is 9.75. The Bertz CT molecular complexity index is 584. The molecule has 3 heteroatoms. The highest BCUT2D eigenvalue weighted by Gasteiger charge is 2.31. The fourth-order valence-electron chi connectivity index (χ4n) is 2.85. The Morgan fingerprint density at radius 2 is 1.67 bits per heavy atom. The van der Waals surface area contributed by atoms with Gasteiger partial charge in [0.15, 0.2) is 0 Å². The van der Waals surface area contributed by atoms with E-state index in [0.29, 0.717) is 17.9 Å². The van der Waals surface area contributed by atoms with Crippen LogP contribution in [0.5, 0.6) is 0 Å². The lowest BCUT2D eigenvalue weighted by Crippen LogP contribution is -2.29. The molecule has 0 radical (unpaired) electrons. The molecule has 0 aliphatic carbocycles. The summed E-state index contributed by atoms with van der Waals surface area (Å²) in [6.45, 7) is 18.0. The molecule has 1 aromatic heterocycles. The molecule has 1 aliphatic rings. The van der Waals surface area contributed by atoms with Crippen LogP contribution in [-0.2, 0) is 0 Å². The second-order valence-corrected chi connectivity index (χ2v) is 7.79. The van der Waals surface area contributed by atoms with Crippen molar-refractivity contribution in [1.29, 1.82) is 0 Å². The molecule has 0 atom stereocenters. The minimum absolute atomic E-state index is 0.455. The Labute approximate surface area is 133 Å². The summed E-state index contributed by atoms with van der Waals surface area (Å²) in [6.07, 6.45) is 2.35. The SMILES string of the molecule is CC(C)=C1c2c(C(C)C)nsc2C(C(C)C)=CN1C(C)C. The summed E-state index contributed by atoms with van der Waals surface area (Å²) in [6, 6.07) is 0.455. The van der Waals surface area contributed by atoms with Gasteiger partial charge in [0, 0.05) is 17.8 Å². The number of fused-ring (bicyclic) bond motifs is 1. The summed E-state index contributed by atoms with van der Waals surface area (Å²) in [5.41, 5.74) is 6.79. The van der Waals surface area contributed by atoms with Crippen molar-refractivity contribution in [2.75, 3.05) is 0 Å². The van der Waals surface area contributed by atoms with Crippen molar-refractivity contribution < 1.29 is 0 Å². The maximum atomic E-state index is 4.80. The van der Waals surface area contributed by atoms with Crippen molar-refractivity contribution in [3.05, 3.63) is 27.9 Å². The first kappa shape index (κ1) is 16.3. The van der Waals surface area contributed by atoms with E-state index in [2.05, 4.69) is 66.5 Å². The smallest absolute Gasteiger partial charge is 0.0667 e. The molecular formula is C18H28N2S. The van der Waals surface area contributed by atoms with Gasteiger partial charge < -0.3 is 4.90 Å². The standard InChI is InChI=1S/C18H28N2S/c1-10(2)14-9-20(13(7)8)17(12(5)6)15-16(11(3)4)19-21-18(14)15/h9-11,13H,1-8H3. The van der Waals surface area contributed by atoms with Crippen LogP contribution in [0.2, 0.25) is 0 Å². The molecule has 0 amide bonds. The van der Waals surface area contributed by atoms with Crippen LogP contribution >= 0.6 is 11.5 Å². The Hall–Kier alpha value is -1.09. The molecule has 2 heterocycles. The van der Waals surface area contributed by atoms with Gasteiger partial charge in [0.25, 0.3) is 0 Å². The van der Waals surface area contributed by atoms with Gasteiger partial charge in [-0.3, -0.25) is 0 Å². The fourth-order valence-corrected chi connectivity index (χ4v) is 4.03. The lowest BCUT2D eigenvalue weighted by atomic mass is 9.89. The molecule has 0 unspecified atom stereocenters. The zero-order valence-corrected chi connectivity index (χ0v) is 15.4. The van der Waals surface area contributed by atoms with Crippen LogP contribution in [-0.4, -0.2) is 15.3 Å². The molecule has 2 rings (SSSR count). The maximum Gasteiger partial charge on any atom is 0.0667 e. The molecule has 0 spiro atoms. The highest BCUT2D eigenvalue weighted by atomic mass is 32.1. The van der Waals surface area contributed by atoms with Crippen LogP contribution in [0.1, 0.15) is 77.4 Å². The van der Waals surface area contributed by atoms with Crippen LogP contribution in [0.3, 0.4) is 0 Å². The zero-order valence-electron chi connectivity index (χ0n) is 14.6. The number of hydrogen-bond donors (Lipinski definition) is 0. The normalized spacial score (nSPS) is 15.1. The minimum Gasteiger partial charge on any atom is -0.345 e. The predicted octanol–water partition coefficient (Wildman–Crippen LogP) is 5.74. The zero-order chi connectivity index (χ0) is 15.9. The van der Waals surface area contributed by atoms with E-state index < -0.39 is 0 Å². The molecule has 21 heavy (non-hydrogen) atoms. The fraction of sp³-hybridized carbons (Fsp3) is 0.611. The van der Waals surface area contributed by atoms with Gasteiger partial charge in [-0.2, -0.15) is 4.37 Å². The summed E-state index contributed by atoms with van der Waals surface area (Å²) < 4.78 is 4.80. The molecule has 0 fully saturated rings. The molecule has 0 N–H and O–H groups in total. The quantitative estimate of drug-likeness (QED) is 0.708. The van der Waals surface area contributed by atoms with Gasteiger partial charge in [0.1, 0.15) is 0 Å². The van der Waals surface area contributed by atoms with Gasteiger partial charge in [-0.05, 0) is 56.6 Å². The number of nitrogens with zero attached hydrogens (tertiary/aromatic N) is 2. The van der Waals surface area contributed by atoms with Gasteiger partial charge in [0.2, 0.25) is 0 Å². The Balaban J connectivity index is 2.77. The molecule has 2 nitrogen and oxygen atoms in total. The van der Waals surface area contributed by atoms with Crippen molar-refractivity contribution in [2.45, 2.75) is 67.3 Å². The van der Waals surface area contributed by atoms with E-state index in [1.165, 1.54) is 33.0 Å². The maximum absolute atomic E-state index is 4.80. The Morgan fingerprint density at radius 1 is 1.05 bits per heavy atom. The van der Waals surface area contributed by atoms with Crippen molar-refractivity contribution >= 4 is 22.8 Å². The second-order valence-electron chi connectivity index (χ2n) is 7.02. The largest absolute Gasteiger partial charge is 0.345 e. The summed E-state index contributed by atoms with van der Waals surface area (Å²) in [5, 5.41) is 0. The van der Waals surface area contributed by atoms with Crippen LogP contribution in [0.25, 0.3) is 11.3 Å². The number of rotatable bonds is 3. The van der Waals surface area contributed by atoms with Crippen LogP contribution in [0, 0.1) is 5.92 Å².